The van der Waals surface area contributed by atoms with Crippen LogP contribution in [0.4, 0.5) is 21.9 Å². The van der Waals surface area contributed by atoms with E-state index in [0.29, 0.717) is 36.3 Å². The highest BCUT2D eigenvalue weighted by Crippen LogP contribution is 2.17. The Morgan fingerprint density at radius 1 is 1.10 bits per heavy atom. The van der Waals surface area contributed by atoms with Gasteiger partial charge in [-0.25, -0.2) is 4.79 Å². The number of nitrogen functional groups attached to an aromatic ring is 1. The van der Waals surface area contributed by atoms with Crippen molar-refractivity contribution in [1.29, 1.82) is 0 Å². The third-order valence-electron chi connectivity index (χ3n) is 4.19. The lowest BCUT2D eigenvalue weighted by molar-refractivity contribution is -0.118. The number of anilines is 3. The van der Waals surface area contributed by atoms with Gasteiger partial charge in [0.15, 0.2) is 0 Å². The fraction of sp³-hybridized carbons (Fsp3) is 0.333. The number of benzene rings is 1. The molecule has 0 radical (unpaired) electrons. The van der Waals surface area contributed by atoms with Gasteiger partial charge in [0.25, 0.3) is 0 Å². The molecule has 5 N–H and O–H groups in total. The van der Waals surface area contributed by atoms with Gasteiger partial charge in [-0.3, -0.25) is 14.6 Å². The van der Waals surface area contributed by atoms with E-state index in [0.717, 1.165) is 0 Å². The van der Waals surface area contributed by atoms with Crippen LogP contribution in [-0.2, 0) is 14.3 Å². The summed E-state index contributed by atoms with van der Waals surface area (Å²) < 4.78 is 4.88. The molecule has 0 bridgehead atoms. The molecule has 9 nitrogen and oxygen atoms in total. The van der Waals surface area contributed by atoms with Crippen LogP contribution in [0.5, 0.6) is 0 Å². The number of alkyl carbamates (subject to hydrolysis) is 1. The number of carbonyl (C=O) groups is 3. The zero-order valence-corrected chi connectivity index (χ0v) is 16.9. The van der Waals surface area contributed by atoms with E-state index in [-0.39, 0.29) is 24.8 Å². The molecule has 1 heterocycles. The van der Waals surface area contributed by atoms with Gasteiger partial charge < -0.3 is 26.4 Å². The summed E-state index contributed by atoms with van der Waals surface area (Å²) in [6, 6.07) is 9.62. The Balaban J connectivity index is 1.84. The highest BCUT2D eigenvalue weighted by atomic mass is 16.5. The SMILES string of the molecule is CCOC(=O)NC(CCCCC(=O)Nc1ccccc1N)C(=O)Nc1cccnc1. The molecule has 1 aromatic carbocycles. The van der Waals surface area contributed by atoms with E-state index in [2.05, 4.69) is 20.9 Å². The molecule has 3 amide bonds. The van der Waals surface area contributed by atoms with Crippen molar-refractivity contribution in [1.82, 2.24) is 10.3 Å². The number of aromatic nitrogens is 1. The first kappa shape index (κ1) is 22.7. The molecule has 0 aliphatic heterocycles. The highest BCUT2D eigenvalue weighted by Gasteiger charge is 2.21. The average molecular weight is 413 g/mol. The van der Waals surface area contributed by atoms with Gasteiger partial charge >= 0.3 is 6.09 Å². The van der Waals surface area contributed by atoms with Crippen molar-refractivity contribution in [3.63, 3.8) is 0 Å². The molecule has 9 heteroatoms. The van der Waals surface area contributed by atoms with Crippen LogP contribution in [0.25, 0.3) is 0 Å². The van der Waals surface area contributed by atoms with Crippen LogP contribution in [-0.4, -0.2) is 35.5 Å². The predicted octanol–water partition coefficient (Wildman–Crippen LogP) is 2.92. The van der Waals surface area contributed by atoms with Crippen LogP contribution in [0.1, 0.15) is 32.6 Å². The molecule has 160 valence electrons. The molecular weight excluding hydrogens is 386 g/mol. The number of nitrogens with two attached hydrogens (primary N) is 1. The largest absolute Gasteiger partial charge is 0.450 e. The van der Waals surface area contributed by atoms with Gasteiger partial charge in [-0.2, -0.15) is 0 Å². The molecule has 2 aromatic rings. The summed E-state index contributed by atoms with van der Waals surface area (Å²) in [6.07, 6.45) is 4.16. The molecular formula is C21H27N5O4. The molecule has 0 saturated heterocycles. The highest BCUT2D eigenvalue weighted by molar-refractivity contribution is 5.96. The number of pyridine rings is 1. The van der Waals surface area contributed by atoms with Crippen molar-refractivity contribution in [3.8, 4) is 0 Å². The topological polar surface area (TPSA) is 135 Å². The second-order valence-corrected chi connectivity index (χ2v) is 6.53. The first-order valence-electron chi connectivity index (χ1n) is 9.78. The Kier molecular flexibility index (Phi) is 9.11. The number of amides is 3. The molecule has 1 unspecified atom stereocenters. The lowest BCUT2D eigenvalue weighted by atomic mass is 10.1. The molecule has 0 aliphatic rings. The van der Waals surface area contributed by atoms with Gasteiger partial charge in [-0.1, -0.05) is 18.6 Å². The van der Waals surface area contributed by atoms with Crippen LogP contribution in [0.2, 0.25) is 0 Å². The summed E-state index contributed by atoms with van der Waals surface area (Å²) in [7, 11) is 0. The van der Waals surface area contributed by atoms with E-state index in [9.17, 15) is 14.4 Å². The summed E-state index contributed by atoms with van der Waals surface area (Å²) in [6.45, 7) is 1.88. The van der Waals surface area contributed by atoms with Crippen molar-refractivity contribution in [3.05, 3.63) is 48.8 Å². The second kappa shape index (κ2) is 12.1. The third kappa shape index (κ3) is 7.78. The number of rotatable bonds is 10. The number of hydrogen-bond acceptors (Lipinski definition) is 6. The van der Waals surface area contributed by atoms with E-state index in [1.165, 1.54) is 6.20 Å². The molecule has 1 aromatic heterocycles. The van der Waals surface area contributed by atoms with Crippen molar-refractivity contribution < 1.29 is 19.1 Å². The van der Waals surface area contributed by atoms with Gasteiger partial charge in [0.1, 0.15) is 6.04 Å². The Hall–Kier alpha value is -3.62. The minimum Gasteiger partial charge on any atom is -0.450 e. The minimum atomic E-state index is -0.794. The van der Waals surface area contributed by atoms with Crippen LogP contribution in [0.15, 0.2) is 48.8 Å². The first-order chi connectivity index (χ1) is 14.5. The van der Waals surface area contributed by atoms with Crippen molar-refractivity contribution in [2.75, 3.05) is 23.0 Å². The number of carbonyl (C=O) groups excluding carboxylic acids is 3. The number of nitrogens with zero attached hydrogens (tertiary/aromatic N) is 1. The smallest absolute Gasteiger partial charge is 0.407 e. The minimum absolute atomic E-state index is 0.164. The lowest BCUT2D eigenvalue weighted by Crippen LogP contribution is -2.44. The quantitative estimate of drug-likeness (QED) is 0.349. The monoisotopic (exact) mass is 413 g/mol. The van der Waals surface area contributed by atoms with Gasteiger partial charge in [-0.05, 0) is 44.0 Å². The Morgan fingerprint density at radius 3 is 2.60 bits per heavy atom. The van der Waals surface area contributed by atoms with Gasteiger partial charge in [-0.15, -0.1) is 0 Å². The van der Waals surface area contributed by atoms with Gasteiger partial charge in [0.2, 0.25) is 11.8 Å². The lowest BCUT2D eigenvalue weighted by Gasteiger charge is -2.18. The van der Waals surface area contributed by atoms with Crippen LogP contribution >= 0.6 is 0 Å². The summed E-state index contributed by atoms with van der Waals surface area (Å²) in [4.78, 5) is 40.4. The first-order valence-corrected chi connectivity index (χ1v) is 9.78. The van der Waals surface area contributed by atoms with E-state index < -0.39 is 12.1 Å². The Morgan fingerprint density at radius 2 is 1.90 bits per heavy atom. The molecule has 0 saturated carbocycles. The Bertz CT molecular complexity index is 844. The van der Waals surface area contributed by atoms with Crippen LogP contribution in [0, 0.1) is 0 Å². The maximum atomic E-state index is 12.6. The molecule has 1 atom stereocenters. The van der Waals surface area contributed by atoms with E-state index in [1.54, 1.807) is 49.5 Å². The standard InChI is InChI=1S/C21H27N5O4/c1-2-30-21(29)26-18(20(28)24-15-8-7-13-23-14-15)11-5-6-12-19(27)25-17-10-4-3-9-16(17)22/h3-4,7-10,13-14,18H,2,5-6,11-12,22H2,1H3,(H,24,28)(H,25,27)(H,26,29). The maximum absolute atomic E-state index is 12.6. The predicted molar refractivity (Wildman–Crippen MR) is 115 cm³/mol. The zero-order chi connectivity index (χ0) is 21.8. The summed E-state index contributed by atoms with van der Waals surface area (Å²) in [5.41, 5.74) is 7.41. The fourth-order valence-electron chi connectivity index (χ4n) is 2.71. The van der Waals surface area contributed by atoms with E-state index >= 15 is 0 Å². The molecule has 0 aliphatic carbocycles. The number of nitrogens with one attached hydrogen (secondary N) is 3. The summed E-state index contributed by atoms with van der Waals surface area (Å²) in [5, 5.41) is 8.04. The zero-order valence-electron chi connectivity index (χ0n) is 16.9. The van der Waals surface area contributed by atoms with Gasteiger partial charge in [0.05, 0.1) is 29.9 Å². The Labute approximate surface area is 175 Å². The molecule has 30 heavy (non-hydrogen) atoms. The number of para-hydroxylation sites is 2. The van der Waals surface area contributed by atoms with Gasteiger partial charge in [0, 0.05) is 12.6 Å². The van der Waals surface area contributed by atoms with Crippen molar-refractivity contribution in [2.45, 2.75) is 38.6 Å². The number of ether oxygens (including phenoxy) is 1. The molecule has 0 fully saturated rings. The summed E-state index contributed by atoms with van der Waals surface area (Å²) in [5.74, 6) is -0.542. The molecule has 0 spiro atoms. The van der Waals surface area contributed by atoms with Crippen molar-refractivity contribution in [2.24, 2.45) is 0 Å². The third-order valence-corrected chi connectivity index (χ3v) is 4.19. The maximum Gasteiger partial charge on any atom is 0.407 e. The molecule has 2 rings (SSSR count). The van der Waals surface area contributed by atoms with E-state index in [1.807, 2.05) is 0 Å². The van der Waals surface area contributed by atoms with Crippen LogP contribution in [0.3, 0.4) is 0 Å². The second-order valence-electron chi connectivity index (χ2n) is 6.53. The summed E-state index contributed by atoms with van der Waals surface area (Å²) >= 11 is 0. The average Bonchev–Trinajstić information content (AvgIpc) is 2.73. The number of hydrogen-bond donors (Lipinski definition) is 4. The van der Waals surface area contributed by atoms with Crippen molar-refractivity contribution >= 4 is 35.0 Å². The number of unbranched alkanes of at least 4 members (excludes halogenated alkanes) is 1. The van der Waals surface area contributed by atoms with E-state index in [4.69, 9.17) is 10.5 Å². The normalized spacial score (nSPS) is 11.2. The fourth-order valence-corrected chi connectivity index (χ4v) is 2.71. The van der Waals surface area contributed by atoms with Crippen LogP contribution < -0.4 is 21.7 Å².